The summed E-state index contributed by atoms with van der Waals surface area (Å²) < 4.78 is 2.43. The van der Waals surface area contributed by atoms with Crippen LogP contribution in [0.4, 0.5) is 0 Å². The van der Waals surface area contributed by atoms with Gasteiger partial charge in [0.1, 0.15) is 0 Å². The van der Waals surface area contributed by atoms with E-state index in [1.165, 1.54) is 15.0 Å². The standard InChI is InChI=1S/C18H18OS2/c1-18(2,3)13-6-4-12(5-7-13)10-14(19)16-11-17-15(21-16)8-9-20-17/h4-9,11H,10H2,1-3H3. The number of Topliss-reactive ketones (excluding diaryl/α,β-unsaturated/α-hetero) is 1. The number of thiophene rings is 2. The number of hydrogen-bond acceptors (Lipinski definition) is 3. The molecular weight excluding hydrogens is 296 g/mol. The third-order valence-electron chi connectivity index (χ3n) is 3.60. The molecular formula is C18H18OS2. The highest BCUT2D eigenvalue weighted by Crippen LogP contribution is 2.31. The van der Waals surface area contributed by atoms with Gasteiger partial charge in [-0.15, -0.1) is 22.7 Å². The summed E-state index contributed by atoms with van der Waals surface area (Å²) >= 11 is 3.29. The lowest BCUT2D eigenvalue weighted by Gasteiger charge is -2.19. The van der Waals surface area contributed by atoms with Gasteiger partial charge < -0.3 is 0 Å². The molecule has 0 unspecified atom stereocenters. The average Bonchev–Trinajstić information content (AvgIpc) is 2.98. The van der Waals surface area contributed by atoms with Crippen LogP contribution in [0.25, 0.3) is 9.40 Å². The number of carbonyl (C=O) groups is 1. The second-order valence-electron chi connectivity index (χ2n) is 6.31. The van der Waals surface area contributed by atoms with Gasteiger partial charge in [0.05, 0.1) is 4.88 Å². The van der Waals surface area contributed by atoms with Crippen LogP contribution in [-0.2, 0) is 11.8 Å². The predicted octanol–water partition coefficient (Wildman–Crippen LogP) is 5.69. The van der Waals surface area contributed by atoms with E-state index < -0.39 is 0 Å². The van der Waals surface area contributed by atoms with Crippen LogP contribution < -0.4 is 0 Å². The third kappa shape index (κ3) is 3.09. The van der Waals surface area contributed by atoms with Gasteiger partial charge in [-0.1, -0.05) is 45.0 Å². The van der Waals surface area contributed by atoms with Crippen LogP contribution >= 0.6 is 22.7 Å². The second kappa shape index (κ2) is 5.39. The Labute approximate surface area is 133 Å². The molecule has 2 aromatic heterocycles. The Kier molecular flexibility index (Phi) is 3.72. The zero-order valence-electron chi connectivity index (χ0n) is 12.5. The van der Waals surface area contributed by atoms with E-state index in [1.54, 1.807) is 22.7 Å². The van der Waals surface area contributed by atoms with Crippen molar-refractivity contribution < 1.29 is 4.79 Å². The minimum Gasteiger partial charge on any atom is -0.293 e. The molecule has 0 aliphatic heterocycles. The molecule has 1 aromatic carbocycles. The lowest BCUT2D eigenvalue weighted by Crippen LogP contribution is -2.11. The first-order valence-electron chi connectivity index (χ1n) is 7.03. The smallest absolute Gasteiger partial charge is 0.177 e. The van der Waals surface area contributed by atoms with Crippen molar-refractivity contribution in [1.29, 1.82) is 0 Å². The fourth-order valence-electron chi connectivity index (χ4n) is 2.30. The molecule has 108 valence electrons. The maximum atomic E-state index is 12.4. The first-order valence-corrected chi connectivity index (χ1v) is 8.73. The van der Waals surface area contributed by atoms with Crippen LogP contribution in [0.15, 0.2) is 41.8 Å². The zero-order chi connectivity index (χ0) is 15.0. The van der Waals surface area contributed by atoms with Gasteiger partial charge >= 0.3 is 0 Å². The maximum Gasteiger partial charge on any atom is 0.177 e. The Morgan fingerprint density at radius 1 is 1.05 bits per heavy atom. The van der Waals surface area contributed by atoms with E-state index in [4.69, 9.17) is 0 Å². The summed E-state index contributed by atoms with van der Waals surface area (Å²) in [6, 6.07) is 12.5. The normalized spacial score (nSPS) is 12.0. The highest BCUT2D eigenvalue weighted by molar-refractivity contribution is 7.27. The quantitative estimate of drug-likeness (QED) is 0.568. The van der Waals surface area contributed by atoms with Crippen LogP contribution in [0.3, 0.4) is 0 Å². The Morgan fingerprint density at radius 2 is 1.76 bits per heavy atom. The number of carbonyl (C=O) groups excluding carboxylic acids is 1. The molecule has 0 atom stereocenters. The Bertz CT molecular complexity index is 741. The summed E-state index contributed by atoms with van der Waals surface area (Å²) in [7, 11) is 0. The molecule has 1 nitrogen and oxygen atoms in total. The third-order valence-corrected chi connectivity index (χ3v) is 5.73. The molecule has 3 aromatic rings. The van der Waals surface area contributed by atoms with Crippen LogP contribution in [0.5, 0.6) is 0 Å². The summed E-state index contributed by atoms with van der Waals surface area (Å²) in [6.07, 6.45) is 0.484. The van der Waals surface area contributed by atoms with Crippen LogP contribution in [0.1, 0.15) is 41.6 Å². The molecule has 0 saturated carbocycles. The fraction of sp³-hybridized carbons (Fsp3) is 0.278. The summed E-state index contributed by atoms with van der Waals surface area (Å²) in [6.45, 7) is 6.60. The highest BCUT2D eigenvalue weighted by Gasteiger charge is 2.15. The minimum absolute atomic E-state index is 0.153. The van der Waals surface area contributed by atoms with Crippen molar-refractivity contribution in [2.24, 2.45) is 0 Å². The number of fused-ring (bicyclic) bond motifs is 1. The van der Waals surface area contributed by atoms with Crippen LogP contribution in [0, 0.1) is 0 Å². The molecule has 21 heavy (non-hydrogen) atoms. The molecule has 0 saturated heterocycles. The largest absolute Gasteiger partial charge is 0.293 e. The minimum atomic E-state index is 0.153. The monoisotopic (exact) mass is 314 g/mol. The van der Waals surface area contributed by atoms with E-state index in [1.807, 2.05) is 6.07 Å². The SMILES string of the molecule is CC(C)(C)c1ccc(CC(=O)c2cc3sccc3s2)cc1. The first kappa shape index (κ1) is 14.5. The first-order chi connectivity index (χ1) is 9.93. The van der Waals surface area contributed by atoms with Crippen molar-refractivity contribution in [3.8, 4) is 0 Å². The number of ketones is 1. The fourth-order valence-corrected chi connectivity index (χ4v) is 4.34. The summed E-state index contributed by atoms with van der Waals surface area (Å²) in [5.74, 6) is 0.215. The molecule has 0 aliphatic rings. The van der Waals surface area contributed by atoms with Gasteiger partial charge in [0, 0.05) is 15.8 Å². The highest BCUT2D eigenvalue weighted by atomic mass is 32.1. The predicted molar refractivity (Wildman–Crippen MR) is 92.9 cm³/mol. The average molecular weight is 314 g/mol. The second-order valence-corrected chi connectivity index (χ2v) is 8.34. The van der Waals surface area contributed by atoms with E-state index in [-0.39, 0.29) is 11.2 Å². The van der Waals surface area contributed by atoms with Crippen molar-refractivity contribution in [2.75, 3.05) is 0 Å². The molecule has 0 bridgehead atoms. The van der Waals surface area contributed by atoms with E-state index in [0.717, 1.165) is 10.4 Å². The van der Waals surface area contributed by atoms with Gasteiger partial charge in [0.15, 0.2) is 5.78 Å². The van der Waals surface area contributed by atoms with Gasteiger partial charge in [-0.05, 0) is 34.1 Å². The van der Waals surface area contributed by atoms with Crippen LogP contribution in [-0.4, -0.2) is 5.78 Å². The Hall–Kier alpha value is -1.45. The van der Waals surface area contributed by atoms with Crippen molar-refractivity contribution in [3.63, 3.8) is 0 Å². The molecule has 0 N–H and O–H groups in total. The lowest BCUT2D eigenvalue weighted by atomic mass is 9.86. The Morgan fingerprint density at radius 3 is 2.38 bits per heavy atom. The van der Waals surface area contributed by atoms with Gasteiger partial charge in [0.25, 0.3) is 0 Å². The summed E-state index contributed by atoms with van der Waals surface area (Å²) in [4.78, 5) is 13.3. The Balaban J connectivity index is 1.76. The van der Waals surface area contributed by atoms with Gasteiger partial charge in [-0.2, -0.15) is 0 Å². The molecule has 0 radical (unpaired) electrons. The van der Waals surface area contributed by atoms with E-state index in [9.17, 15) is 4.79 Å². The van der Waals surface area contributed by atoms with Crippen molar-refractivity contribution in [1.82, 2.24) is 0 Å². The van der Waals surface area contributed by atoms with Crippen molar-refractivity contribution in [3.05, 3.63) is 57.8 Å². The summed E-state index contributed by atoms with van der Waals surface area (Å²) in [5, 5.41) is 2.07. The van der Waals surface area contributed by atoms with Crippen molar-refractivity contribution >= 4 is 37.9 Å². The number of rotatable bonds is 3. The zero-order valence-corrected chi connectivity index (χ0v) is 14.1. The van der Waals surface area contributed by atoms with E-state index >= 15 is 0 Å². The molecule has 0 amide bonds. The molecule has 0 fully saturated rings. The molecule has 0 spiro atoms. The molecule has 3 heteroatoms. The summed E-state index contributed by atoms with van der Waals surface area (Å²) in [5.41, 5.74) is 2.54. The number of hydrogen-bond donors (Lipinski definition) is 0. The number of benzene rings is 1. The molecule has 2 heterocycles. The van der Waals surface area contributed by atoms with Gasteiger partial charge in [-0.3, -0.25) is 4.79 Å². The van der Waals surface area contributed by atoms with Gasteiger partial charge in [0.2, 0.25) is 0 Å². The molecule has 3 rings (SSSR count). The van der Waals surface area contributed by atoms with E-state index in [2.05, 4.69) is 56.5 Å². The maximum absolute atomic E-state index is 12.4. The van der Waals surface area contributed by atoms with Crippen molar-refractivity contribution in [2.45, 2.75) is 32.6 Å². The van der Waals surface area contributed by atoms with Crippen LogP contribution in [0.2, 0.25) is 0 Å². The lowest BCUT2D eigenvalue weighted by molar-refractivity contribution is 0.0997. The van der Waals surface area contributed by atoms with Gasteiger partial charge in [-0.25, -0.2) is 0 Å². The molecule has 0 aliphatic carbocycles. The van der Waals surface area contributed by atoms with E-state index in [0.29, 0.717) is 6.42 Å². The topological polar surface area (TPSA) is 17.1 Å².